The molecule has 1 unspecified atom stereocenters. The van der Waals surface area contributed by atoms with E-state index in [1.807, 2.05) is 30.3 Å². The molecular weight excluding hydrogens is 270 g/mol. The Balaban J connectivity index is 1.83. The van der Waals surface area contributed by atoms with Crippen LogP contribution >= 0.6 is 0 Å². The Bertz CT molecular complexity index is 620. The van der Waals surface area contributed by atoms with E-state index in [1.165, 1.54) is 6.07 Å². The van der Waals surface area contributed by atoms with Gasteiger partial charge in [-0.1, -0.05) is 42.8 Å². The van der Waals surface area contributed by atoms with Gasteiger partial charge >= 0.3 is 0 Å². The summed E-state index contributed by atoms with van der Waals surface area (Å²) < 4.78 is 26.3. The lowest BCUT2D eigenvalue weighted by Crippen LogP contribution is -2.46. The molecular formula is C18H18F2O. The lowest BCUT2D eigenvalue weighted by molar-refractivity contribution is 0.0285. The van der Waals surface area contributed by atoms with Gasteiger partial charge in [0.25, 0.3) is 0 Å². The fraction of sp³-hybridized carbons (Fsp3) is 0.333. The Morgan fingerprint density at radius 1 is 1.00 bits per heavy atom. The van der Waals surface area contributed by atoms with Gasteiger partial charge in [0, 0.05) is 5.41 Å². The summed E-state index contributed by atoms with van der Waals surface area (Å²) in [6.07, 6.45) is 2.71. The van der Waals surface area contributed by atoms with Crippen molar-refractivity contribution in [2.45, 2.75) is 37.2 Å². The van der Waals surface area contributed by atoms with E-state index in [0.717, 1.165) is 30.9 Å². The summed E-state index contributed by atoms with van der Waals surface area (Å²) in [6.45, 7) is 0. The fourth-order valence-electron chi connectivity index (χ4n) is 3.23. The predicted octanol–water partition coefficient (Wildman–Crippen LogP) is 3.99. The molecule has 0 aliphatic heterocycles. The molecule has 1 nitrogen and oxygen atoms in total. The summed E-state index contributed by atoms with van der Waals surface area (Å²) in [5.74, 6) is -1.71. The van der Waals surface area contributed by atoms with Gasteiger partial charge in [0.1, 0.15) is 0 Å². The van der Waals surface area contributed by atoms with Crippen LogP contribution in [0, 0.1) is 11.6 Å². The van der Waals surface area contributed by atoms with Crippen LogP contribution in [0.1, 0.15) is 30.4 Å². The summed E-state index contributed by atoms with van der Waals surface area (Å²) >= 11 is 0. The van der Waals surface area contributed by atoms with Crippen LogP contribution in [0.3, 0.4) is 0 Å². The van der Waals surface area contributed by atoms with Crippen LogP contribution in [0.2, 0.25) is 0 Å². The molecule has 0 heterocycles. The van der Waals surface area contributed by atoms with Crippen LogP contribution in [0.5, 0.6) is 0 Å². The van der Waals surface area contributed by atoms with Gasteiger partial charge < -0.3 is 5.11 Å². The van der Waals surface area contributed by atoms with Gasteiger partial charge in [-0.15, -0.1) is 0 Å². The molecule has 0 bridgehead atoms. The quantitative estimate of drug-likeness (QED) is 0.902. The van der Waals surface area contributed by atoms with Gasteiger partial charge in [-0.3, -0.25) is 0 Å². The van der Waals surface area contributed by atoms with Gasteiger partial charge in [0.2, 0.25) is 0 Å². The Morgan fingerprint density at radius 3 is 2.29 bits per heavy atom. The average molecular weight is 288 g/mol. The number of aliphatic hydroxyl groups is 1. The van der Waals surface area contributed by atoms with Crippen molar-refractivity contribution in [3.8, 4) is 0 Å². The molecule has 1 aliphatic rings. The molecule has 1 fully saturated rings. The minimum atomic E-state index is -0.859. The van der Waals surface area contributed by atoms with Crippen LogP contribution in [-0.2, 0) is 11.8 Å². The van der Waals surface area contributed by atoms with E-state index in [9.17, 15) is 13.9 Å². The third-order valence-corrected chi connectivity index (χ3v) is 4.65. The number of benzene rings is 2. The summed E-state index contributed by atoms with van der Waals surface area (Å²) in [5, 5.41) is 10.7. The molecule has 3 heteroatoms. The monoisotopic (exact) mass is 288 g/mol. The number of aliphatic hydroxyl groups excluding tert-OH is 1. The van der Waals surface area contributed by atoms with Gasteiger partial charge in [-0.2, -0.15) is 0 Å². The maximum absolute atomic E-state index is 13.3. The first-order chi connectivity index (χ1) is 10.1. The molecule has 2 aromatic rings. The molecule has 0 spiro atoms. The highest BCUT2D eigenvalue weighted by molar-refractivity contribution is 5.31. The van der Waals surface area contributed by atoms with Crippen LogP contribution in [0.25, 0.3) is 0 Å². The van der Waals surface area contributed by atoms with E-state index in [1.54, 1.807) is 6.07 Å². The van der Waals surface area contributed by atoms with E-state index in [0.29, 0.717) is 12.0 Å². The van der Waals surface area contributed by atoms with Gasteiger partial charge in [0.05, 0.1) is 6.10 Å². The van der Waals surface area contributed by atoms with E-state index >= 15 is 0 Å². The summed E-state index contributed by atoms with van der Waals surface area (Å²) in [4.78, 5) is 0. The third kappa shape index (κ3) is 2.58. The molecule has 3 rings (SSSR count). The molecule has 1 atom stereocenters. The molecule has 2 aromatic carbocycles. The van der Waals surface area contributed by atoms with Crippen molar-refractivity contribution in [2.24, 2.45) is 0 Å². The molecule has 1 saturated carbocycles. The maximum Gasteiger partial charge on any atom is 0.159 e. The zero-order valence-corrected chi connectivity index (χ0v) is 11.7. The highest BCUT2D eigenvalue weighted by Gasteiger charge is 2.44. The van der Waals surface area contributed by atoms with Crippen LogP contribution < -0.4 is 0 Å². The number of rotatable bonds is 4. The zero-order valence-electron chi connectivity index (χ0n) is 11.7. The second-order valence-electron chi connectivity index (χ2n) is 5.84. The Kier molecular flexibility index (Phi) is 3.77. The normalized spacial score (nSPS) is 18.0. The molecule has 0 amide bonds. The van der Waals surface area contributed by atoms with E-state index < -0.39 is 17.7 Å². The van der Waals surface area contributed by atoms with E-state index in [4.69, 9.17) is 0 Å². The summed E-state index contributed by atoms with van der Waals surface area (Å²) in [7, 11) is 0. The Labute approximate surface area is 123 Å². The smallest absolute Gasteiger partial charge is 0.159 e. The lowest BCUT2D eigenvalue weighted by Gasteiger charge is -2.46. The first-order valence-electron chi connectivity index (χ1n) is 7.29. The topological polar surface area (TPSA) is 20.2 Å². The molecule has 0 radical (unpaired) electrons. The van der Waals surface area contributed by atoms with Gasteiger partial charge in [-0.25, -0.2) is 8.78 Å². The minimum Gasteiger partial charge on any atom is -0.392 e. The highest BCUT2D eigenvalue weighted by Crippen LogP contribution is 2.47. The molecule has 21 heavy (non-hydrogen) atoms. The minimum absolute atomic E-state index is 0.244. The van der Waals surface area contributed by atoms with E-state index in [2.05, 4.69) is 0 Å². The van der Waals surface area contributed by atoms with Crippen molar-refractivity contribution in [1.29, 1.82) is 0 Å². The first-order valence-corrected chi connectivity index (χ1v) is 7.29. The van der Waals surface area contributed by atoms with Crippen molar-refractivity contribution in [3.63, 3.8) is 0 Å². The number of hydrogen-bond acceptors (Lipinski definition) is 1. The second-order valence-corrected chi connectivity index (χ2v) is 5.84. The number of hydrogen-bond donors (Lipinski definition) is 1. The summed E-state index contributed by atoms with van der Waals surface area (Å²) in [5.41, 5.74) is 1.52. The van der Waals surface area contributed by atoms with Crippen molar-refractivity contribution < 1.29 is 13.9 Å². The van der Waals surface area contributed by atoms with Gasteiger partial charge in [-0.05, 0) is 42.5 Å². The average Bonchev–Trinajstić information content (AvgIpc) is 2.43. The largest absolute Gasteiger partial charge is 0.392 e. The maximum atomic E-state index is 13.3. The van der Waals surface area contributed by atoms with Crippen LogP contribution in [0.15, 0.2) is 48.5 Å². The predicted molar refractivity (Wildman–Crippen MR) is 78.0 cm³/mol. The van der Waals surface area contributed by atoms with Crippen molar-refractivity contribution in [2.75, 3.05) is 0 Å². The Morgan fingerprint density at radius 2 is 1.71 bits per heavy atom. The second kappa shape index (κ2) is 5.57. The third-order valence-electron chi connectivity index (χ3n) is 4.65. The molecule has 1 aliphatic carbocycles. The Hall–Kier alpha value is -1.74. The van der Waals surface area contributed by atoms with Crippen molar-refractivity contribution in [1.82, 2.24) is 0 Å². The number of halogens is 2. The van der Waals surface area contributed by atoms with Crippen molar-refractivity contribution in [3.05, 3.63) is 71.3 Å². The SMILES string of the molecule is OC(Cc1ccc(F)c(F)c1)C1(c2ccccc2)CCC1. The fourth-order valence-corrected chi connectivity index (χ4v) is 3.23. The van der Waals surface area contributed by atoms with Crippen LogP contribution in [-0.4, -0.2) is 11.2 Å². The van der Waals surface area contributed by atoms with Crippen LogP contribution in [0.4, 0.5) is 8.78 Å². The molecule has 0 saturated heterocycles. The van der Waals surface area contributed by atoms with Crippen molar-refractivity contribution >= 4 is 0 Å². The van der Waals surface area contributed by atoms with E-state index in [-0.39, 0.29) is 5.41 Å². The van der Waals surface area contributed by atoms with Gasteiger partial charge in [0.15, 0.2) is 11.6 Å². The first kappa shape index (κ1) is 14.2. The summed E-state index contributed by atoms with van der Waals surface area (Å²) in [6, 6.07) is 13.8. The zero-order chi connectivity index (χ0) is 14.9. The molecule has 0 aromatic heterocycles. The standard InChI is InChI=1S/C18H18F2O/c19-15-8-7-13(11-16(15)20)12-17(21)18(9-4-10-18)14-5-2-1-3-6-14/h1-3,5-8,11,17,21H,4,9-10,12H2. The lowest BCUT2D eigenvalue weighted by atomic mass is 9.60. The molecule has 1 N–H and O–H groups in total. The molecule has 110 valence electrons. The highest BCUT2D eigenvalue weighted by atomic mass is 19.2.